The third-order valence-electron chi connectivity index (χ3n) is 4.49. The van der Waals surface area contributed by atoms with Crippen LogP contribution in [0.1, 0.15) is 41.5 Å². The van der Waals surface area contributed by atoms with Crippen LogP contribution < -0.4 is 10.6 Å². The number of nitrogens with one attached hydrogen (secondary N) is 2. The summed E-state index contributed by atoms with van der Waals surface area (Å²) in [4.78, 5) is 0. The third-order valence-corrected chi connectivity index (χ3v) is 4.49. The van der Waals surface area contributed by atoms with Crippen molar-refractivity contribution >= 4 is 0 Å². The molecule has 0 spiro atoms. The lowest BCUT2D eigenvalue weighted by Gasteiger charge is -2.47. The van der Waals surface area contributed by atoms with Crippen molar-refractivity contribution in [2.24, 2.45) is 16.7 Å². The van der Waals surface area contributed by atoms with Gasteiger partial charge < -0.3 is 10.6 Å². The van der Waals surface area contributed by atoms with Crippen LogP contribution in [0.4, 0.5) is 0 Å². The Bertz CT molecular complexity index is 249. The van der Waals surface area contributed by atoms with Crippen molar-refractivity contribution in [1.29, 1.82) is 0 Å². The summed E-state index contributed by atoms with van der Waals surface area (Å²) in [7, 11) is 0. The summed E-state index contributed by atoms with van der Waals surface area (Å²) in [6.07, 6.45) is 0. The van der Waals surface area contributed by atoms with E-state index in [1.165, 1.54) is 0 Å². The molecule has 0 aromatic heterocycles. The normalized spacial score (nSPS) is 41.2. The molecule has 2 nitrogen and oxygen atoms in total. The zero-order chi connectivity index (χ0) is 11.5. The standard InChI is InChI=1S/C13H26N2/c1-11(2,3)10-9-7-15-13(10,8-14-9)12(4,5)6/h9-10,14-15H,7-8H2,1-6H3. The Hall–Kier alpha value is -0.0800. The lowest BCUT2D eigenvalue weighted by molar-refractivity contribution is 0.0727. The van der Waals surface area contributed by atoms with Crippen LogP contribution in [0.5, 0.6) is 0 Å². The fraction of sp³-hybridized carbons (Fsp3) is 1.00. The van der Waals surface area contributed by atoms with Crippen LogP contribution in [0.2, 0.25) is 0 Å². The topological polar surface area (TPSA) is 24.1 Å². The summed E-state index contributed by atoms with van der Waals surface area (Å²) in [6, 6.07) is 0.671. The predicted molar refractivity (Wildman–Crippen MR) is 64.9 cm³/mol. The average molecular weight is 210 g/mol. The molecule has 2 bridgehead atoms. The van der Waals surface area contributed by atoms with E-state index in [1.54, 1.807) is 0 Å². The van der Waals surface area contributed by atoms with Gasteiger partial charge in [-0.2, -0.15) is 0 Å². The number of rotatable bonds is 0. The predicted octanol–water partition coefficient (Wildman–Crippen LogP) is 2.01. The van der Waals surface area contributed by atoms with E-state index in [0.717, 1.165) is 19.0 Å². The Morgan fingerprint density at radius 2 is 1.67 bits per heavy atom. The van der Waals surface area contributed by atoms with Crippen LogP contribution in [0, 0.1) is 16.7 Å². The van der Waals surface area contributed by atoms with E-state index in [9.17, 15) is 0 Å². The Balaban J connectivity index is 2.39. The van der Waals surface area contributed by atoms with Gasteiger partial charge in [-0.05, 0) is 10.8 Å². The van der Waals surface area contributed by atoms with E-state index in [4.69, 9.17) is 0 Å². The molecule has 0 amide bonds. The first-order chi connectivity index (χ1) is 6.68. The van der Waals surface area contributed by atoms with Gasteiger partial charge in [-0.25, -0.2) is 0 Å². The third kappa shape index (κ3) is 1.45. The van der Waals surface area contributed by atoms with Crippen LogP contribution >= 0.6 is 0 Å². The SMILES string of the molecule is CC(C)(C)C1C2CNC1(C(C)(C)C)CN2. The second-order valence-electron chi connectivity index (χ2n) is 7.43. The summed E-state index contributed by atoms with van der Waals surface area (Å²) in [5, 5.41) is 7.50. The summed E-state index contributed by atoms with van der Waals surface area (Å²) < 4.78 is 0. The summed E-state index contributed by atoms with van der Waals surface area (Å²) >= 11 is 0. The van der Waals surface area contributed by atoms with Crippen molar-refractivity contribution in [1.82, 2.24) is 10.6 Å². The molecule has 2 N–H and O–H groups in total. The van der Waals surface area contributed by atoms with Crippen LogP contribution in [-0.2, 0) is 0 Å². The molecule has 0 aromatic rings. The molecule has 15 heavy (non-hydrogen) atoms. The van der Waals surface area contributed by atoms with Crippen molar-refractivity contribution < 1.29 is 0 Å². The number of piperazine rings is 1. The molecule has 0 aromatic carbocycles. The van der Waals surface area contributed by atoms with Gasteiger partial charge in [0.25, 0.3) is 0 Å². The van der Waals surface area contributed by atoms with Gasteiger partial charge in [0.05, 0.1) is 0 Å². The zero-order valence-electron chi connectivity index (χ0n) is 11.1. The fourth-order valence-electron chi connectivity index (χ4n) is 3.86. The van der Waals surface area contributed by atoms with Crippen molar-refractivity contribution in [2.45, 2.75) is 53.1 Å². The molecule has 2 rings (SSSR count). The lowest BCUT2D eigenvalue weighted by Crippen LogP contribution is -2.60. The summed E-state index contributed by atoms with van der Waals surface area (Å²) in [5.41, 5.74) is 0.990. The van der Waals surface area contributed by atoms with Crippen molar-refractivity contribution in [3.63, 3.8) is 0 Å². The molecule has 2 heterocycles. The largest absolute Gasteiger partial charge is 0.310 e. The minimum atomic E-state index is 0.288. The van der Waals surface area contributed by atoms with Gasteiger partial charge in [-0.3, -0.25) is 0 Å². The van der Waals surface area contributed by atoms with Gasteiger partial charge in [-0.15, -0.1) is 0 Å². The second kappa shape index (κ2) is 2.98. The van der Waals surface area contributed by atoms with E-state index >= 15 is 0 Å². The maximum Gasteiger partial charge on any atom is 0.0404 e. The number of hydrogen-bond donors (Lipinski definition) is 2. The van der Waals surface area contributed by atoms with Crippen molar-refractivity contribution in [2.75, 3.05) is 13.1 Å². The second-order valence-corrected chi connectivity index (χ2v) is 7.43. The summed E-state index contributed by atoms with van der Waals surface area (Å²) in [6.45, 7) is 16.5. The van der Waals surface area contributed by atoms with Crippen LogP contribution in [0.25, 0.3) is 0 Å². The maximum absolute atomic E-state index is 3.80. The molecular formula is C13H26N2. The molecule has 3 atom stereocenters. The van der Waals surface area contributed by atoms with Crippen molar-refractivity contribution in [3.8, 4) is 0 Å². The van der Waals surface area contributed by atoms with E-state index in [-0.39, 0.29) is 5.54 Å². The molecule has 2 heteroatoms. The first-order valence-electron chi connectivity index (χ1n) is 6.17. The summed E-state index contributed by atoms with van der Waals surface area (Å²) in [5.74, 6) is 0.741. The molecule has 0 aliphatic carbocycles. The van der Waals surface area contributed by atoms with Crippen LogP contribution in [0.15, 0.2) is 0 Å². The highest BCUT2D eigenvalue weighted by Gasteiger charge is 2.61. The minimum absolute atomic E-state index is 0.288. The molecular weight excluding hydrogens is 184 g/mol. The Labute approximate surface area is 94.2 Å². The zero-order valence-corrected chi connectivity index (χ0v) is 11.1. The smallest absolute Gasteiger partial charge is 0.0404 e. The van der Waals surface area contributed by atoms with Crippen LogP contribution in [-0.4, -0.2) is 24.7 Å². The number of fused-ring (bicyclic) bond motifs is 2. The van der Waals surface area contributed by atoms with E-state index < -0.39 is 0 Å². The fourth-order valence-corrected chi connectivity index (χ4v) is 3.86. The first kappa shape index (κ1) is 11.4. The molecule has 0 radical (unpaired) electrons. The van der Waals surface area contributed by atoms with Gasteiger partial charge in [0.2, 0.25) is 0 Å². The molecule has 88 valence electrons. The Kier molecular flexibility index (Phi) is 2.27. The molecule has 2 saturated heterocycles. The first-order valence-corrected chi connectivity index (χ1v) is 6.17. The highest BCUT2D eigenvalue weighted by atomic mass is 15.2. The quantitative estimate of drug-likeness (QED) is 0.639. The molecule has 0 saturated carbocycles. The molecule has 2 aliphatic heterocycles. The van der Waals surface area contributed by atoms with Crippen molar-refractivity contribution in [3.05, 3.63) is 0 Å². The number of hydrogen-bond acceptors (Lipinski definition) is 2. The molecule has 2 fully saturated rings. The van der Waals surface area contributed by atoms with Gasteiger partial charge >= 0.3 is 0 Å². The molecule has 3 unspecified atom stereocenters. The van der Waals surface area contributed by atoms with Gasteiger partial charge in [0.1, 0.15) is 0 Å². The highest BCUT2D eigenvalue weighted by Crippen LogP contribution is 2.51. The van der Waals surface area contributed by atoms with Crippen LogP contribution in [0.3, 0.4) is 0 Å². The van der Waals surface area contributed by atoms with Gasteiger partial charge in [0.15, 0.2) is 0 Å². The van der Waals surface area contributed by atoms with E-state index in [1.807, 2.05) is 0 Å². The van der Waals surface area contributed by atoms with Gasteiger partial charge in [-0.1, -0.05) is 41.5 Å². The maximum atomic E-state index is 3.80. The molecule has 2 aliphatic rings. The van der Waals surface area contributed by atoms with Gasteiger partial charge in [0, 0.05) is 30.6 Å². The Morgan fingerprint density at radius 3 is 1.93 bits per heavy atom. The average Bonchev–Trinajstić information content (AvgIpc) is 2.55. The van der Waals surface area contributed by atoms with E-state index in [2.05, 4.69) is 52.2 Å². The van der Waals surface area contributed by atoms with E-state index in [0.29, 0.717) is 16.9 Å². The monoisotopic (exact) mass is 210 g/mol. The minimum Gasteiger partial charge on any atom is -0.310 e. The Morgan fingerprint density at radius 1 is 1.07 bits per heavy atom. The highest BCUT2D eigenvalue weighted by molar-refractivity contribution is 5.20. The lowest BCUT2D eigenvalue weighted by atomic mass is 9.61.